The first-order valence-electron chi connectivity index (χ1n) is 16.0. The monoisotopic (exact) mass is 621 g/mol. The maximum absolute atomic E-state index is 14.9. The van der Waals surface area contributed by atoms with Crippen LogP contribution in [0, 0.1) is 17.3 Å². The molecular formula is C35H47N3O7. The van der Waals surface area contributed by atoms with Gasteiger partial charge in [0, 0.05) is 18.5 Å². The van der Waals surface area contributed by atoms with E-state index in [1.807, 2.05) is 56.3 Å². The van der Waals surface area contributed by atoms with Crippen LogP contribution in [0.4, 0.5) is 0 Å². The number of carbonyl (C=O) groups excluding carboxylic acids is 4. The number of nitrogens with zero attached hydrogens (tertiary/aromatic N) is 2. The molecule has 10 heteroatoms. The number of aliphatic hydroxyl groups excluding tert-OH is 1. The van der Waals surface area contributed by atoms with Crippen molar-refractivity contribution in [1.82, 2.24) is 15.1 Å². The molecule has 0 aliphatic carbocycles. The van der Waals surface area contributed by atoms with E-state index in [-0.39, 0.29) is 43.3 Å². The molecule has 3 amide bonds. The summed E-state index contributed by atoms with van der Waals surface area (Å²) in [6, 6.07) is 7.37. The summed E-state index contributed by atoms with van der Waals surface area (Å²) in [7, 11) is 0. The topological polar surface area (TPSA) is 125 Å². The predicted octanol–water partition coefficient (Wildman–Crippen LogP) is 3.31. The molecule has 2 N–H and O–H groups in total. The number of hydrogen-bond donors (Lipinski definition) is 2. The number of likely N-dealkylation sites (tertiary alicyclic amines) is 1. The quantitative estimate of drug-likeness (QED) is 0.382. The van der Waals surface area contributed by atoms with Crippen LogP contribution in [-0.4, -0.2) is 87.6 Å². The van der Waals surface area contributed by atoms with Gasteiger partial charge in [0.05, 0.1) is 31.2 Å². The molecule has 1 aromatic rings. The van der Waals surface area contributed by atoms with Crippen LogP contribution in [0.25, 0.3) is 0 Å². The highest BCUT2D eigenvalue weighted by atomic mass is 16.6. The van der Waals surface area contributed by atoms with Gasteiger partial charge in [0.25, 0.3) is 0 Å². The minimum absolute atomic E-state index is 0.0691. The molecule has 45 heavy (non-hydrogen) atoms. The van der Waals surface area contributed by atoms with Crippen molar-refractivity contribution in [2.45, 2.75) is 96.2 Å². The van der Waals surface area contributed by atoms with Gasteiger partial charge in [0.2, 0.25) is 17.7 Å². The second-order valence-electron chi connectivity index (χ2n) is 14.6. The molecule has 0 saturated carbocycles. The van der Waals surface area contributed by atoms with Gasteiger partial charge in [-0.1, -0.05) is 75.4 Å². The number of aliphatic hydroxyl groups is 1. The Morgan fingerprint density at radius 3 is 2.42 bits per heavy atom. The SMILES string of the molecule is C[C@H](CO)N1C(=O)[C@@H]2[C@H]3C(=O)O[C@@H](c4ccccc4)CNC(=O)CC/C=C\CN(C(C)(C)CC(C)(C)C)C(=O)[C@@H]1[C@]21C=C[C@H]3O1. The lowest BCUT2D eigenvalue weighted by atomic mass is 9.74. The van der Waals surface area contributed by atoms with Gasteiger partial charge in [-0.3, -0.25) is 19.2 Å². The van der Waals surface area contributed by atoms with Gasteiger partial charge in [0.15, 0.2) is 0 Å². The number of benzene rings is 1. The van der Waals surface area contributed by atoms with E-state index in [4.69, 9.17) is 9.47 Å². The number of allylic oxidation sites excluding steroid dienone is 1. The third kappa shape index (κ3) is 6.19. The number of esters is 1. The third-order valence-corrected chi connectivity index (χ3v) is 9.42. The van der Waals surface area contributed by atoms with Gasteiger partial charge in [-0.15, -0.1) is 0 Å². The molecule has 0 unspecified atom stereocenters. The minimum Gasteiger partial charge on any atom is -0.455 e. The molecule has 2 saturated heterocycles. The van der Waals surface area contributed by atoms with Crippen LogP contribution in [0.1, 0.15) is 72.5 Å². The molecule has 1 aromatic carbocycles. The van der Waals surface area contributed by atoms with Crippen LogP contribution in [0.3, 0.4) is 0 Å². The van der Waals surface area contributed by atoms with Crippen molar-refractivity contribution in [3.63, 3.8) is 0 Å². The summed E-state index contributed by atoms with van der Waals surface area (Å²) < 4.78 is 12.6. The first kappa shape index (κ1) is 32.9. The highest BCUT2D eigenvalue weighted by Crippen LogP contribution is 2.56. The summed E-state index contributed by atoms with van der Waals surface area (Å²) >= 11 is 0. The van der Waals surface area contributed by atoms with Gasteiger partial charge in [-0.05, 0) is 44.6 Å². The van der Waals surface area contributed by atoms with E-state index in [9.17, 15) is 24.3 Å². The molecule has 7 atom stereocenters. The van der Waals surface area contributed by atoms with Gasteiger partial charge in [-0.25, -0.2) is 0 Å². The number of amides is 3. The van der Waals surface area contributed by atoms with E-state index in [1.165, 1.54) is 4.90 Å². The maximum atomic E-state index is 14.9. The molecule has 2 fully saturated rings. The summed E-state index contributed by atoms with van der Waals surface area (Å²) in [5, 5.41) is 13.2. The Morgan fingerprint density at radius 2 is 1.76 bits per heavy atom. The normalized spacial score (nSPS) is 32.4. The van der Waals surface area contributed by atoms with E-state index < -0.39 is 59.1 Å². The Bertz CT molecular complexity index is 1370. The largest absolute Gasteiger partial charge is 0.455 e. The van der Waals surface area contributed by atoms with Crippen LogP contribution in [0.2, 0.25) is 0 Å². The van der Waals surface area contributed by atoms with Crippen molar-refractivity contribution in [2.24, 2.45) is 17.3 Å². The van der Waals surface area contributed by atoms with Crippen LogP contribution < -0.4 is 5.32 Å². The summed E-state index contributed by atoms with van der Waals surface area (Å²) in [4.78, 5) is 59.3. The van der Waals surface area contributed by atoms with E-state index in [1.54, 1.807) is 24.0 Å². The number of ether oxygens (including phenoxy) is 2. The van der Waals surface area contributed by atoms with E-state index >= 15 is 0 Å². The standard InChI is InChI=1S/C35H47N3O7/c1-22(20-39)38-29-31(42)37(34(5,6)21-33(2,3)4)18-12-8-11-15-26(40)36-19-25(23-13-9-7-10-14-23)44-32(43)27-24-16-17-35(29,45-24)28(27)30(38)41/h7-10,12-14,16-17,22,24-25,27-29,39H,11,15,18-21H2,1-6H3,(H,36,40)/b12-8-/t22-,24-,25-,27+,28+,29-,35+/m1/s1. The lowest BCUT2D eigenvalue weighted by molar-refractivity contribution is -0.160. The molecule has 4 heterocycles. The molecule has 244 valence electrons. The first-order valence-corrected chi connectivity index (χ1v) is 16.0. The lowest BCUT2D eigenvalue weighted by Gasteiger charge is -2.46. The average Bonchev–Trinajstić information content (AvgIpc) is 3.62. The van der Waals surface area contributed by atoms with Crippen molar-refractivity contribution < 1.29 is 33.8 Å². The molecule has 4 aliphatic heterocycles. The zero-order chi connectivity index (χ0) is 32.7. The third-order valence-electron chi connectivity index (χ3n) is 9.42. The Balaban J connectivity index is 1.60. The summed E-state index contributed by atoms with van der Waals surface area (Å²) in [5.41, 5.74) is -1.43. The maximum Gasteiger partial charge on any atom is 0.313 e. The van der Waals surface area contributed by atoms with E-state index in [0.29, 0.717) is 18.4 Å². The summed E-state index contributed by atoms with van der Waals surface area (Å²) in [5.74, 6) is -3.55. The second kappa shape index (κ2) is 12.4. The number of hydrogen-bond acceptors (Lipinski definition) is 7. The van der Waals surface area contributed by atoms with Crippen molar-refractivity contribution >= 4 is 23.7 Å². The molecule has 0 radical (unpaired) electrons. The number of carbonyl (C=O) groups is 4. The van der Waals surface area contributed by atoms with E-state index in [0.717, 1.165) is 0 Å². The van der Waals surface area contributed by atoms with E-state index in [2.05, 4.69) is 26.1 Å². The van der Waals surface area contributed by atoms with Gasteiger partial charge in [0.1, 0.15) is 23.7 Å². The number of fused-ring (bicyclic) bond motifs is 2. The minimum atomic E-state index is -1.39. The van der Waals surface area contributed by atoms with Crippen molar-refractivity contribution in [2.75, 3.05) is 19.7 Å². The Kier molecular flexibility index (Phi) is 9.03. The summed E-state index contributed by atoms with van der Waals surface area (Å²) in [6.45, 7) is 12.0. The second-order valence-corrected chi connectivity index (χ2v) is 14.6. The lowest BCUT2D eigenvalue weighted by Crippen LogP contribution is -2.62. The molecular weight excluding hydrogens is 574 g/mol. The molecule has 10 nitrogen and oxygen atoms in total. The zero-order valence-corrected chi connectivity index (χ0v) is 27.2. The van der Waals surface area contributed by atoms with Crippen LogP contribution >= 0.6 is 0 Å². The zero-order valence-electron chi connectivity index (χ0n) is 27.2. The Labute approximate surface area is 265 Å². The van der Waals surface area contributed by atoms with Crippen molar-refractivity contribution in [3.05, 3.63) is 60.2 Å². The number of nitrogens with one attached hydrogen (secondary N) is 1. The van der Waals surface area contributed by atoms with Crippen LogP contribution in [0.5, 0.6) is 0 Å². The van der Waals surface area contributed by atoms with Crippen molar-refractivity contribution in [1.29, 1.82) is 0 Å². The molecule has 4 aliphatic rings. The van der Waals surface area contributed by atoms with Crippen molar-refractivity contribution in [3.8, 4) is 0 Å². The first-order chi connectivity index (χ1) is 21.2. The fourth-order valence-electron chi connectivity index (χ4n) is 7.82. The molecule has 5 rings (SSSR count). The summed E-state index contributed by atoms with van der Waals surface area (Å²) in [6.07, 6.45) is 7.12. The molecule has 1 spiro atoms. The highest BCUT2D eigenvalue weighted by Gasteiger charge is 2.74. The smallest absolute Gasteiger partial charge is 0.313 e. The Hall–Kier alpha value is -3.50. The average molecular weight is 622 g/mol. The number of cyclic esters (lactones) is 1. The van der Waals surface area contributed by atoms with Crippen LogP contribution in [0.15, 0.2) is 54.6 Å². The van der Waals surface area contributed by atoms with Gasteiger partial charge in [-0.2, -0.15) is 0 Å². The highest BCUT2D eigenvalue weighted by molar-refractivity contribution is 5.99. The fraction of sp³-hybridized carbons (Fsp3) is 0.600. The predicted molar refractivity (Wildman–Crippen MR) is 167 cm³/mol. The molecule has 0 aromatic heterocycles. The van der Waals surface area contributed by atoms with Gasteiger partial charge >= 0.3 is 5.97 Å². The Morgan fingerprint density at radius 1 is 1.04 bits per heavy atom. The van der Waals surface area contributed by atoms with Crippen LogP contribution in [-0.2, 0) is 28.7 Å². The molecule has 5 bridgehead atoms. The van der Waals surface area contributed by atoms with Gasteiger partial charge < -0.3 is 29.7 Å². The number of rotatable bonds is 5. The fourth-order valence-corrected chi connectivity index (χ4v) is 7.82.